The fourth-order valence-electron chi connectivity index (χ4n) is 1.92. The Balaban J connectivity index is 1.84. The van der Waals surface area contributed by atoms with Crippen LogP contribution in [0.2, 0.25) is 0 Å². The first-order valence-corrected chi connectivity index (χ1v) is 5.37. The molecule has 0 spiro atoms. The molecule has 0 radical (unpaired) electrons. The summed E-state index contributed by atoms with van der Waals surface area (Å²) in [5.41, 5.74) is 3.06. The molecule has 1 saturated carbocycles. The highest BCUT2D eigenvalue weighted by Crippen LogP contribution is 2.28. The van der Waals surface area contributed by atoms with Gasteiger partial charge in [-0.25, -0.2) is 0 Å². The van der Waals surface area contributed by atoms with E-state index in [1.54, 1.807) is 0 Å². The molecule has 0 saturated heterocycles. The van der Waals surface area contributed by atoms with E-state index in [0.29, 0.717) is 0 Å². The minimum absolute atomic E-state index is 0.986. The number of nitrogens with one attached hydrogen (secondary N) is 1. The van der Waals surface area contributed by atoms with E-state index in [-0.39, 0.29) is 0 Å². The van der Waals surface area contributed by atoms with Crippen LogP contribution in [0.3, 0.4) is 0 Å². The molecule has 2 aliphatic rings. The Kier molecular flexibility index (Phi) is 2.58. The highest BCUT2D eigenvalue weighted by atomic mass is 15.1. The van der Waals surface area contributed by atoms with Gasteiger partial charge >= 0.3 is 0 Å². The first-order valence-electron chi connectivity index (χ1n) is 5.37. The van der Waals surface area contributed by atoms with Crippen molar-refractivity contribution in [2.24, 2.45) is 5.92 Å². The standard InChI is InChI=1S/C11H20N2/c1-9-8-13(2)6-5-11(9)12-7-10-3-4-10/h10,12H,3-8H2,1-2H3. The summed E-state index contributed by atoms with van der Waals surface area (Å²) in [6, 6.07) is 0. The van der Waals surface area contributed by atoms with Gasteiger partial charge in [-0.2, -0.15) is 0 Å². The van der Waals surface area contributed by atoms with Gasteiger partial charge in [0.05, 0.1) is 0 Å². The quantitative estimate of drug-likeness (QED) is 0.709. The molecule has 1 N–H and O–H groups in total. The van der Waals surface area contributed by atoms with Crippen molar-refractivity contribution in [1.82, 2.24) is 10.2 Å². The number of hydrogen-bond acceptors (Lipinski definition) is 2. The van der Waals surface area contributed by atoms with Gasteiger partial charge in [0.25, 0.3) is 0 Å². The largest absolute Gasteiger partial charge is 0.388 e. The van der Waals surface area contributed by atoms with Gasteiger partial charge < -0.3 is 10.2 Å². The lowest BCUT2D eigenvalue weighted by Gasteiger charge is -2.26. The summed E-state index contributed by atoms with van der Waals surface area (Å²) in [5, 5.41) is 3.61. The zero-order chi connectivity index (χ0) is 9.26. The van der Waals surface area contributed by atoms with Gasteiger partial charge in [0.1, 0.15) is 0 Å². The van der Waals surface area contributed by atoms with Crippen molar-refractivity contribution in [1.29, 1.82) is 0 Å². The highest BCUT2D eigenvalue weighted by molar-refractivity contribution is 5.15. The molecule has 74 valence electrons. The van der Waals surface area contributed by atoms with Crippen LogP contribution in [-0.2, 0) is 0 Å². The zero-order valence-electron chi connectivity index (χ0n) is 8.77. The molecule has 2 nitrogen and oxygen atoms in total. The van der Waals surface area contributed by atoms with Crippen LogP contribution in [0, 0.1) is 5.92 Å². The van der Waals surface area contributed by atoms with E-state index in [0.717, 1.165) is 12.5 Å². The number of hydrogen-bond donors (Lipinski definition) is 1. The third-order valence-corrected chi connectivity index (χ3v) is 3.07. The van der Waals surface area contributed by atoms with Crippen molar-refractivity contribution in [2.75, 3.05) is 26.7 Å². The fourth-order valence-corrected chi connectivity index (χ4v) is 1.92. The van der Waals surface area contributed by atoms with E-state index in [1.807, 2.05) is 0 Å². The smallest absolute Gasteiger partial charge is 0.0207 e. The summed E-state index contributed by atoms with van der Waals surface area (Å²) in [6.45, 7) is 5.83. The van der Waals surface area contributed by atoms with Crippen molar-refractivity contribution < 1.29 is 0 Å². The Morgan fingerprint density at radius 2 is 2.23 bits per heavy atom. The van der Waals surface area contributed by atoms with Gasteiger partial charge in [0.15, 0.2) is 0 Å². The summed E-state index contributed by atoms with van der Waals surface area (Å²) >= 11 is 0. The maximum Gasteiger partial charge on any atom is 0.0207 e. The minimum atomic E-state index is 0.986. The van der Waals surface area contributed by atoms with Crippen molar-refractivity contribution in [2.45, 2.75) is 26.2 Å². The summed E-state index contributed by atoms with van der Waals surface area (Å²) in [5.74, 6) is 0.986. The summed E-state index contributed by atoms with van der Waals surface area (Å²) in [7, 11) is 2.20. The molecule has 1 aliphatic carbocycles. The van der Waals surface area contributed by atoms with Crippen molar-refractivity contribution in [3.63, 3.8) is 0 Å². The van der Waals surface area contributed by atoms with E-state index in [9.17, 15) is 0 Å². The molecule has 13 heavy (non-hydrogen) atoms. The maximum atomic E-state index is 3.61. The van der Waals surface area contributed by atoms with Crippen LogP contribution in [0.5, 0.6) is 0 Å². The molecule has 0 bridgehead atoms. The van der Waals surface area contributed by atoms with Crippen molar-refractivity contribution in [3.05, 3.63) is 11.3 Å². The third-order valence-electron chi connectivity index (χ3n) is 3.07. The van der Waals surface area contributed by atoms with Gasteiger partial charge in [0.2, 0.25) is 0 Å². The number of nitrogens with zero attached hydrogens (tertiary/aromatic N) is 1. The molecular formula is C11H20N2. The molecule has 0 aromatic rings. The number of rotatable bonds is 3. The Morgan fingerprint density at radius 3 is 2.85 bits per heavy atom. The lowest BCUT2D eigenvalue weighted by molar-refractivity contribution is 0.340. The SMILES string of the molecule is CC1=C(NCC2CC2)CCN(C)C1. The molecule has 1 aliphatic heterocycles. The van der Waals surface area contributed by atoms with Crippen LogP contribution in [0.4, 0.5) is 0 Å². The predicted octanol–water partition coefficient (Wildman–Crippen LogP) is 1.60. The second-order valence-corrected chi connectivity index (χ2v) is 4.57. The second kappa shape index (κ2) is 3.70. The molecule has 1 fully saturated rings. The van der Waals surface area contributed by atoms with Gasteiger partial charge in [-0.1, -0.05) is 0 Å². The van der Waals surface area contributed by atoms with Gasteiger partial charge in [-0.05, 0) is 44.7 Å². The van der Waals surface area contributed by atoms with Crippen LogP contribution < -0.4 is 5.32 Å². The molecule has 0 aromatic heterocycles. The molecule has 0 aromatic carbocycles. The Bertz CT molecular complexity index is 216. The monoisotopic (exact) mass is 180 g/mol. The Morgan fingerprint density at radius 1 is 1.46 bits per heavy atom. The van der Waals surface area contributed by atoms with Crippen LogP contribution in [0.15, 0.2) is 11.3 Å². The van der Waals surface area contributed by atoms with Crippen LogP contribution in [0.25, 0.3) is 0 Å². The van der Waals surface area contributed by atoms with Crippen molar-refractivity contribution >= 4 is 0 Å². The van der Waals surface area contributed by atoms with Crippen LogP contribution in [0.1, 0.15) is 26.2 Å². The molecule has 0 amide bonds. The summed E-state index contributed by atoms with van der Waals surface area (Å²) < 4.78 is 0. The molecular weight excluding hydrogens is 160 g/mol. The highest BCUT2D eigenvalue weighted by Gasteiger charge is 2.22. The third kappa shape index (κ3) is 2.47. The van der Waals surface area contributed by atoms with E-state index >= 15 is 0 Å². The van der Waals surface area contributed by atoms with E-state index in [1.165, 1.54) is 43.6 Å². The van der Waals surface area contributed by atoms with E-state index < -0.39 is 0 Å². The molecule has 0 unspecified atom stereocenters. The Labute approximate surface area is 81.0 Å². The second-order valence-electron chi connectivity index (χ2n) is 4.57. The lowest BCUT2D eigenvalue weighted by Crippen LogP contribution is -2.32. The first kappa shape index (κ1) is 9.07. The average molecular weight is 180 g/mol. The molecule has 2 rings (SSSR count). The molecule has 1 heterocycles. The minimum Gasteiger partial charge on any atom is -0.388 e. The van der Waals surface area contributed by atoms with Crippen LogP contribution >= 0.6 is 0 Å². The summed E-state index contributed by atoms with van der Waals surface area (Å²) in [6.07, 6.45) is 4.10. The fraction of sp³-hybridized carbons (Fsp3) is 0.818. The van der Waals surface area contributed by atoms with Crippen LogP contribution in [-0.4, -0.2) is 31.6 Å². The molecule has 0 atom stereocenters. The van der Waals surface area contributed by atoms with Gasteiger partial charge in [-0.15, -0.1) is 0 Å². The topological polar surface area (TPSA) is 15.3 Å². The lowest BCUT2D eigenvalue weighted by atomic mass is 10.1. The average Bonchev–Trinajstić information content (AvgIpc) is 2.86. The van der Waals surface area contributed by atoms with E-state index in [2.05, 4.69) is 24.2 Å². The zero-order valence-corrected chi connectivity index (χ0v) is 8.77. The maximum absolute atomic E-state index is 3.61. The summed E-state index contributed by atoms with van der Waals surface area (Å²) in [4.78, 5) is 2.39. The van der Waals surface area contributed by atoms with Crippen molar-refractivity contribution in [3.8, 4) is 0 Å². The predicted molar refractivity (Wildman–Crippen MR) is 55.5 cm³/mol. The molecule has 2 heteroatoms. The normalized spacial score (nSPS) is 25.1. The van der Waals surface area contributed by atoms with Gasteiger partial charge in [0, 0.05) is 25.3 Å². The van der Waals surface area contributed by atoms with Gasteiger partial charge in [-0.3, -0.25) is 0 Å². The Hall–Kier alpha value is -0.500. The number of likely N-dealkylation sites (N-methyl/N-ethyl adjacent to an activating group) is 1. The first-order chi connectivity index (χ1) is 6.25. The van der Waals surface area contributed by atoms with E-state index in [4.69, 9.17) is 0 Å².